The first-order valence-electron chi connectivity index (χ1n) is 6.24. The lowest BCUT2D eigenvalue weighted by Crippen LogP contribution is -2.27. The molecule has 0 radical (unpaired) electrons. The number of amidine groups is 1. The lowest BCUT2D eigenvalue weighted by atomic mass is 10.2. The number of hydrogen-bond acceptors (Lipinski definition) is 4. The molecule has 0 aromatic heterocycles. The lowest BCUT2D eigenvalue weighted by Gasteiger charge is -2.18. The van der Waals surface area contributed by atoms with Crippen LogP contribution in [0.3, 0.4) is 0 Å². The van der Waals surface area contributed by atoms with Gasteiger partial charge in [-0.05, 0) is 47.2 Å². The zero-order valence-electron chi connectivity index (χ0n) is 11.3. The highest BCUT2D eigenvalue weighted by molar-refractivity contribution is 9.10. The molecule has 0 spiro atoms. The molecule has 0 aliphatic heterocycles. The van der Waals surface area contributed by atoms with E-state index >= 15 is 0 Å². The topological polar surface area (TPSA) is 71.1 Å². The molecule has 0 amide bonds. The molecule has 1 aromatic carbocycles. The van der Waals surface area contributed by atoms with E-state index in [4.69, 9.17) is 15.7 Å². The van der Waals surface area contributed by atoms with Crippen LogP contribution >= 0.6 is 15.9 Å². The number of ether oxygens (including phenoxy) is 1. The number of halogens is 1. The van der Waals surface area contributed by atoms with Crippen LogP contribution in [0.15, 0.2) is 27.8 Å². The average molecular weight is 330 g/mol. The van der Waals surface area contributed by atoms with Gasteiger partial charge >= 0.3 is 0 Å². The number of nitrogens with two attached hydrogens (primary N) is 1. The summed E-state index contributed by atoms with van der Waals surface area (Å²) in [4.78, 5) is 2.29. The molecule has 1 aromatic rings. The Morgan fingerprint density at radius 3 is 2.63 bits per heavy atom. The third-order valence-corrected chi connectivity index (χ3v) is 3.55. The molecule has 0 bridgehead atoms. The second kappa shape index (κ2) is 8.01. The van der Waals surface area contributed by atoms with Gasteiger partial charge in [0.25, 0.3) is 0 Å². The summed E-state index contributed by atoms with van der Waals surface area (Å²) >= 11 is 3.37. The van der Waals surface area contributed by atoms with Gasteiger partial charge in [0.1, 0.15) is 12.4 Å². The maximum absolute atomic E-state index is 8.64. The predicted molar refractivity (Wildman–Crippen MR) is 79.9 cm³/mol. The summed E-state index contributed by atoms with van der Waals surface area (Å²) in [5.74, 6) is 0.829. The molecular weight excluding hydrogens is 310 g/mol. The Kier molecular flexibility index (Phi) is 6.66. The van der Waals surface area contributed by atoms with Crippen molar-refractivity contribution >= 4 is 21.8 Å². The van der Waals surface area contributed by atoms with Crippen molar-refractivity contribution in [1.82, 2.24) is 4.90 Å². The van der Waals surface area contributed by atoms with E-state index in [1.807, 2.05) is 6.07 Å². The molecule has 0 aliphatic rings. The van der Waals surface area contributed by atoms with Crippen molar-refractivity contribution in [3.8, 4) is 5.75 Å². The fraction of sp³-hybridized carbons (Fsp3) is 0.462. The van der Waals surface area contributed by atoms with Crippen molar-refractivity contribution < 1.29 is 9.94 Å². The van der Waals surface area contributed by atoms with Gasteiger partial charge < -0.3 is 20.6 Å². The molecule has 0 fully saturated rings. The summed E-state index contributed by atoms with van der Waals surface area (Å²) in [6, 6.07) is 5.38. The smallest absolute Gasteiger partial charge is 0.171 e. The maximum atomic E-state index is 8.64. The third-order valence-electron chi connectivity index (χ3n) is 2.89. The van der Waals surface area contributed by atoms with Gasteiger partial charge in [-0.3, -0.25) is 0 Å². The average Bonchev–Trinajstić information content (AvgIpc) is 2.43. The van der Waals surface area contributed by atoms with Gasteiger partial charge in [0.05, 0.1) is 0 Å². The van der Waals surface area contributed by atoms with Crippen LogP contribution in [-0.2, 0) is 0 Å². The van der Waals surface area contributed by atoms with E-state index in [0.29, 0.717) is 12.2 Å². The van der Waals surface area contributed by atoms with E-state index in [1.54, 1.807) is 12.1 Å². The normalized spacial score (nSPS) is 11.9. The number of nitrogens with zero attached hydrogens (tertiary/aromatic N) is 2. The van der Waals surface area contributed by atoms with Crippen molar-refractivity contribution in [2.75, 3.05) is 26.2 Å². The monoisotopic (exact) mass is 329 g/mol. The van der Waals surface area contributed by atoms with Gasteiger partial charge in [-0.2, -0.15) is 0 Å². The molecule has 5 nitrogen and oxygen atoms in total. The summed E-state index contributed by atoms with van der Waals surface area (Å²) in [6.45, 7) is 7.83. The van der Waals surface area contributed by atoms with E-state index in [9.17, 15) is 0 Å². The fourth-order valence-corrected chi connectivity index (χ4v) is 2.24. The Bertz CT molecular complexity index is 434. The Hall–Kier alpha value is -1.27. The summed E-state index contributed by atoms with van der Waals surface area (Å²) in [6.07, 6.45) is 0. The van der Waals surface area contributed by atoms with Gasteiger partial charge in [-0.1, -0.05) is 19.0 Å². The Balaban J connectivity index is 2.59. The van der Waals surface area contributed by atoms with Gasteiger partial charge in [0.2, 0.25) is 0 Å². The highest BCUT2D eigenvalue weighted by Gasteiger charge is 2.07. The van der Waals surface area contributed by atoms with Crippen LogP contribution in [0, 0.1) is 0 Å². The number of benzene rings is 1. The molecule has 1 rings (SSSR count). The van der Waals surface area contributed by atoms with Crippen LogP contribution < -0.4 is 10.5 Å². The highest BCUT2D eigenvalue weighted by Crippen LogP contribution is 2.23. The number of hydrogen-bond donors (Lipinski definition) is 2. The zero-order valence-corrected chi connectivity index (χ0v) is 12.9. The van der Waals surface area contributed by atoms with Crippen LogP contribution in [-0.4, -0.2) is 42.2 Å². The summed E-state index contributed by atoms with van der Waals surface area (Å²) < 4.78 is 6.41. The predicted octanol–water partition coefficient (Wildman–Crippen LogP) is 2.26. The van der Waals surface area contributed by atoms with Crippen molar-refractivity contribution in [3.05, 3.63) is 28.2 Å². The highest BCUT2D eigenvalue weighted by atomic mass is 79.9. The largest absolute Gasteiger partial charge is 0.492 e. The minimum atomic E-state index is 0.0709. The second-order valence-corrected chi connectivity index (χ2v) is 4.86. The molecule has 106 valence electrons. The number of oxime groups is 1. The number of rotatable bonds is 7. The van der Waals surface area contributed by atoms with Gasteiger partial charge in [-0.15, -0.1) is 0 Å². The first-order valence-corrected chi connectivity index (χ1v) is 7.04. The van der Waals surface area contributed by atoms with Crippen LogP contribution in [0.1, 0.15) is 19.4 Å². The molecule has 3 N–H and O–H groups in total. The van der Waals surface area contributed by atoms with Crippen LogP contribution in [0.5, 0.6) is 5.75 Å². The first kappa shape index (κ1) is 15.8. The quantitative estimate of drug-likeness (QED) is 0.348. The number of likely N-dealkylation sites (N-methyl/N-ethyl adjacent to an activating group) is 1. The minimum Gasteiger partial charge on any atom is -0.492 e. The molecule has 19 heavy (non-hydrogen) atoms. The van der Waals surface area contributed by atoms with Crippen molar-refractivity contribution in [1.29, 1.82) is 0 Å². The van der Waals surface area contributed by atoms with Crippen LogP contribution in [0.4, 0.5) is 0 Å². The summed E-state index contributed by atoms with van der Waals surface area (Å²) in [7, 11) is 0. The van der Waals surface area contributed by atoms with Gasteiger partial charge in [0, 0.05) is 16.6 Å². The Morgan fingerprint density at radius 2 is 2.11 bits per heavy atom. The second-order valence-electron chi connectivity index (χ2n) is 4.00. The molecule has 6 heteroatoms. The van der Waals surface area contributed by atoms with Crippen molar-refractivity contribution in [2.45, 2.75) is 13.8 Å². The van der Waals surface area contributed by atoms with E-state index in [0.717, 1.165) is 29.9 Å². The fourth-order valence-electron chi connectivity index (χ4n) is 1.68. The lowest BCUT2D eigenvalue weighted by molar-refractivity contribution is 0.222. The molecule has 0 aliphatic carbocycles. The van der Waals surface area contributed by atoms with E-state index < -0.39 is 0 Å². The molecule has 0 saturated carbocycles. The molecule has 0 unspecified atom stereocenters. The summed E-state index contributed by atoms with van der Waals surface area (Å²) in [5, 5.41) is 11.6. The van der Waals surface area contributed by atoms with Crippen molar-refractivity contribution in [3.63, 3.8) is 0 Å². The maximum Gasteiger partial charge on any atom is 0.171 e. The van der Waals surface area contributed by atoms with E-state index in [2.05, 4.69) is 39.8 Å². The third kappa shape index (κ3) is 4.72. The van der Waals surface area contributed by atoms with Crippen molar-refractivity contribution in [2.24, 2.45) is 10.9 Å². The SMILES string of the molecule is CCN(CC)CCOc1ccc(/C(N)=N/O)c(Br)c1. The Morgan fingerprint density at radius 1 is 1.42 bits per heavy atom. The molecular formula is C13H20BrN3O2. The standard InChI is InChI=1S/C13H20BrN3O2/c1-3-17(4-2)7-8-19-10-5-6-11(12(14)9-10)13(15)16-18/h5-6,9,18H,3-4,7-8H2,1-2H3,(H2,15,16). The van der Waals surface area contributed by atoms with Gasteiger partial charge in [-0.25, -0.2) is 0 Å². The van der Waals surface area contributed by atoms with Crippen LogP contribution in [0.2, 0.25) is 0 Å². The van der Waals surface area contributed by atoms with E-state index in [-0.39, 0.29) is 5.84 Å². The molecule has 0 atom stereocenters. The zero-order chi connectivity index (χ0) is 14.3. The van der Waals surface area contributed by atoms with Gasteiger partial charge in [0.15, 0.2) is 5.84 Å². The minimum absolute atomic E-state index is 0.0709. The molecule has 0 saturated heterocycles. The van der Waals surface area contributed by atoms with Crippen LogP contribution in [0.25, 0.3) is 0 Å². The first-order chi connectivity index (χ1) is 9.12. The Labute approximate surface area is 122 Å². The molecule has 0 heterocycles. The summed E-state index contributed by atoms with van der Waals surface area (Å²) in [5.41, 5.74) is 6.18. The van der Waals surface area contributed by atoms with E-state index in [1.165, 1.54) is 0 Å².